The number of rotatable bonds is 5. The quantitative estimate of drug-likeness (QED) is 0.407. The van der Waals surface area contributed by atoms with Gasteiger partial charge >= 0.3 is 0 Å². The standard InChI is InChI=1S/C25H27N7O3/c1-15-14-35-9-8-31(15)23-12-20(21-13-27-32(24(21)29-23)22-6-7-26-30-22)16-2-4-18(5-3-16)28-25(34)17-10-19(33)11-17/h2-7,12-13,15,17,19,33H,8-11,14H2,1H3,(H,26,30)(H,28,34)/t15-,17?,19?/m1/s1. The second-order valence-corrected chi connectivity index (χ2v) is 9.26. The predicted molar refractivity (Wildman–Crippen MR) is 131 cm³/mol. The lowest BCUT2D eigenvalue weighted by Crippen LogP contribution is -2.44. The van der Waals surface area contributed by atoms with Gasteiger partial charge in [0.2, 0.25) is 5.91 Å². The molecule has 3 N–H and O–H groups in total. The van der Waals surface area contributed by atoms with E-state index in [0.29, 0.717) is 31.9 Å². The first-order chi connectivity index (χ1) is 17.1. The third kappa shape index (κ3) is 4.04. The molecule has 1 atom stereocenters. The Balaban J connectivity index is 1.38. The van der Waals surface area contributed by atoms with Crippen LogP contribution in [0.1, 0.15) is 19.8 Å². The zero-order chi connectivity index (χ0) is 23.9. The van der Waals surface area contributed by atoms with E-state index in [4.69, 9.17) is 9.72 Å². The number of aliphatic hydroxyl groups is 1. The average Bonchev–Trinajstić information content (AvgIpc) is 3.52. The monoisotopic (exact) mass is 473 g/mol. The van der Waals surface area contributed by atoms with Crippen molar-refractivity contribution in [2.45, 2.75) is 31.9 Å². The summed E-state index contributed by atoms with van der Waals surface area (Å²) in [7, 11) is 0. The molecule has 0 radical (unpaired) electrons. The Labute approximate surface area is 201 Å². The smallest absolute Gasteiger partial charge is 0.227 e. The number of morpholine rings is 1. The third-order valence-electron chi connectivity index (χ3n) is 6.84. The molecule has 1 aliphatic carbocycles. The lowest BCUT2D eigenvalue weighted by atomic mass is 9.82. The molecule has 1 saturated carbocycles. The third-order valence-corrected chi connectivity index (χ3v) is 6.84. The van der Waals surface area contributed by atoms with Gasteiger partial charge in [0, 0.05) is 35.8 Å². The molecular formula is C25H27N7O3. The number of aliphatic hydroxyl groups excluding tert-OH is 1. The summed E-state index contributed by atoms with van der Waals surface area (Å²) in [5.41, 5.74) is 3.47. The minimum absolute atomic E-state index is 0.0433. The summed E-state index contributed by atoms with van der Waals surface area (Å²) in [5.74, 6) is 1.37. The second-order valence-electron chi connectivity index (χ2n) is 9.26. The van der Waals surface area contributed by atoms with Gasteiger partial charge in [-0.25, -0.2) is 4.98 Å². The number of ether oxygens (including phenoxy) is 1. The number of aromatic nitrogens is 5. The number of hydrogen-bond acceptors (Lipinski definition) is 7. The van der Waals surface area contributed by atoms with Crippen LogP contribution < -0.4 is 10.2 Å². The van der Waals surface area contributed by atoms with Crippen molar-refractivity contribution in [3.63, 3.8) is 0 Å². The van der Waals surface area contributed by atoms with Crippen LogP contribution in [0.5, 0.6) is 0 Å². The Morgan fingerprint density at radius 2 is 2.03 bits per heavy atom. The molecule has 6 rings (SSSR count). The zero-order valence-electron chi connectivity index (χ0n) is 19.4. The maximum atomic E-state index is 12.4. The van der Waals surface area contributed by atoms with Crippen LogP contribution in [0.4, 0.5) is 11.5 Å². The van der Waals surface area contributed by atoms with E-state index in [-0.39, 0.29) is 24.0 Å². The minimum atomic E-state index is -0.354. The number of pyridine rings is 1. The van der Waals surface area contributed by atoms with Crippen LogP contribution >= 0.6 is 0 Å². The summed E-state index contributed by atoms with van der Waals surface area (Å²) in [5, 5.41) is 25.0. The fraction of sp³-hybridized carbons (Fsp3) is 0.360. The summed E-state index contributed by atoms with van der Waals surface area (Å²) in [6, 6.07) is 12.0. The number of H-pyrrole nitrogens is 1. The normalized spacial score (nSPS) is 22.2. The molecule has 1 aliphatic heterocycles. The van der Waals surface area contributed by atoms with E-state index in [0.717, 1.165) is 40.2 Å². The van der Waals surface area contributed by atoms with Crippen molar-refractivity contribution in [1.29, 1.82) is 0 Å². The largest absolute Gasteiger partial charge is 0.393 e. The lowest BCUT2D eigenvalue weighted by Gasteiger charge is -2.34. The lowest BCUT2D eigenvalue weighted by molar-refractivity contribution is -0.126. The molecular weight excluding hydrogens is 446 g/mol. The van der Waals surface area contributed by atoms with Gasteiger partial charge in [0.1, 0.15) is 5.82 Å². The Morgan fingerprint density at radius 3 is 2.74 bits per heavy atom. The number of carbonyl (C=O) groups excluding carboxylic acids is 1. The molecule has 4 heterocycles. The highest BCUT2D eigenvalue weighted by Gasteiger charge is 2.33. The summed E-state index contributed by atoms with van der Waals surface area (Å²) in [6.07, 6.45) is 4.28. The minimum Gasteiger partial charge on any atom is -0.393 e. The maximum absolute atomic E-state index is 12.4. The highest BCUT2D eigenvalue weighted by molar-refractivity contribution is 5.96. The Bertz CT molecular complexity index is 1340. The van der Waals surface area contributed by atoms with Gasteiger partial charge in [0.05, 0.1) is 31.6 Å². The number of nitrogens with one attached hydrogen (secondary N) is 2. The SMILES string of the molecule is C[C@@H]1COCCN1c1cc(-c2ccc(NC(=O)C3CC(O)C3)cc2)c2cnn(-c3cc[nH]n3)c2n1. The van der Waals surface area contributed by atoms with Gasteiger partial charge in [0.15, 0.2) is 11.5 Å². The molecule has 10 nitrogen and oxygen atoms in total. The second kappa shape index (κ2) is 8.79. The molecule has 10 heteroatoms. The summed E-state index contributed by atoms with van der Waals surface area (Å²) in [4.78, 5) is 19.6. The first-order valence-electron chi connectivity index (χ1n) is 11.9. The summed E-state index contributed by atoms with van der Waals surface area (Å²) in [6.45, 7) is 4.20. The molecule has 1 amide bonds. The topological polar surface area (TPSA) is 121 Å². The fourth-order valence-corrected chi connectivity index (χ4v) is 4.76. The van der Waals surface area contributed by atoms with Crippen molar-refractivity contribution in [2.24, 2.45) is 5.92 Å². The van der Waals surface area contributed by atoms with Crippen LogP contribution in [-0.4, -0.2) is 67.9 Å². The van der Waals surface area contributed by atoms with E-state index in [1.807, 2.05) is 36.5 Å². The molecule has 4 aromatic rings. The Morgan fingerprint density at radius 1 is 1.20 bits per heavy atom. The average molecular weight is 474 g/mol. The van der Waals surface area contributed by atoms with E-state index in [2.05, 4.69) is 38.5 Å². The highest BCUT2D eigenvalue weighted by atomic mass is 16.5. The van der Waals surface area contributed by atoms with E-state index < -0.39 is 0 Å². The van der Waals surface area contributed by atoms with Crippen molar-refractivity contribution in [2.75, 3.05) is 30.0 Å². The first kappa shape index (κ1) is 21.8. The van der Waals surface area contributed by atoms with Crippen molar-refractivity contribution < 1.29 is 14.6 Å². The van der Waals surface area contributed by atoms with Crippen LogP contribution in [0.25, 0.3) is 28.0 Å². The fourth-order valence-electron chi connectivity index (χ4n) is 4.76. The van der Waals surface area contributed by atoms with E-state index in [1.165, 1.54) is 0 Å². The molecule has 0 spiro atoms. The van der Waals surface area contributed by atoms with Gasteiger partial charge in [-0.1, -0.05) is 12.1 Å². The van der Waals surface area contributed by atoms with Crippen molar-refractivity contribution in [1.82, 2.24) is 25.0 Å². The number of anilines is 2. The summed E-state index contributed by atoms with van der Waals surface area (Å²) < 4.78 is 7.38. The number of hydrogen-bond donors (Lipinski definition) is 3. The maximum Gasteiger partial charge on any atom is 0.227 e. The number of fused-ring (bicyclic) bond motifs is 1. The van der Waals surface area contributed by atoms with Crippen LogP contribution in [0.3, 0.4) is 0 Å². The molecule has 2 aliphatic rings. The number of carbonyl (C=O) groups is 1. The molecule has 2 fully saturated rings. The van der Waals surface area contributed by atoms with Gasteiger partial charge in [-0.15, -0.1) is 0 Å². The number of aromatic amines is 1. The van der Waals surface area contributed by atoms with Gasteiger partial charge in [-0.2, -0.15) is 14.9 Å². The van der Waals surface area contributed by atoms with Crippen LogP contribution in [0, 0.1) is 5.92 Å². The Hall–Kier alpha value is -3.76. The van der Waals surface area contributed by atoms with Gasteiger partial charge in [0.25, 0.3) is 0 Å². The van der Waals surface area contributed by atoms with Crippen LogP contribution in [-0.2, 0) is 9.53 Å². The van der Waals surface area contributed by atoms with Crippen LogP contribution in [0.15, 0.2) is 48.8 Å². The van der Waals surface area contributed by atoms with Gasteiger partial charge in [-0.05, 0) is 49.1 Å². The summed E-state index contributed by atoms with van der Waals surface area (Å²) >= 11 is 0. The highest BCUT2D eigenvalue weighted by Crippen LogP contribution is 2.34. The van der Waals surface area contributed by atoms with Crippen molar-refractivity contribution in [3.05, 3.63) is 48.8 Å². The van der Waals surface area contributed by atoms with Gasteiger partial charge < -0.3 is 20.1 Å². The molecule has 0 unspecified atom stereocenters. The zero-order valence-corrected chi connectivity index (χ0v) is 19.4. The van der Waals surface area contributed by atoms with Crippen LogP contribution in [0.2, 0.25) is 0 Å². The molecule has 180 valence electrons. The number of nitrogens with zero attached hydrogens (tertiary/aromatic N) is 5. The van der Waals surface area contributed by atoms with E-state index >= 15 is 0 Å². The molecule has 1 saturated heterocycles. The van der Waals surface area contributed by atoms with Crippen molar-refractivity contribution in [3.8, 4) is 16.9 Å². The van der Waals surface area contributed by atoms with E-state index in [9.17, 15) is 9.90 Å². The molecule has 1 aromatic carbocycles. The van der Waals surface area contributed by atoms with Gasteiger partial charge in [-0.3, -0.25) is 9.89 Å². The molecule has 3 aromatic heterocycles. The number of benzene rings is 1. The molecule has 0 bridgehead atoms. The first-order valence-corrected chi connectivity index (χ1v) is 11.9. The van der Waals surface area contributed by atoms with E-state index in [1.54, 1.807) is 10.9 Å². The van der Waals surface area contributed by atoms with Crippen molar-refractivity contribution >= 4 is 28.4 Å². The Kier molecular flexibility index (Phi) is 5.46. The predicted octanol–water partition coefficient (Wildman–Crippen LogP) is 2.75. The number of amides is 1. The molecule has 35 heavy (non-hydrogen) atoms.